The molecule has 0 aromatic carbocycles. The number of likely N-dealkylation sites (N-methyl/N-ethyl adjacent to an activating group) is 1. The van der Waals surface area contributed by atoms with Crippen LogP contribution >= 0.6 is 0 Å². The molecule has 0 amide bonds. The number of nitrogens with one attached hydrogen (secondary N) is 1. The molecule has 0 spiro atoms. The van der Waals surface area contributed by atoms with Crippen molar-refractivity contribution in [2.45, 2.75) is 44.6 Å². The van der Waals surface area contributed by atoms with Crippen LogP contribution in [0.3, 0.4) is 0 Å². The van der Waals surface area contributed by atoms with Gasteiger partial charge in [-0.3, -0.25) is 0 Å². The van der Waals surface area contributed by atoms with Gasteiger partial charge in [-0.25, -0.2) is 8.78 Å². The van der Waals surface area contributed by atoms with Crippen molar-refractivity contribution in [3.63, 3.8) is 0 Å². The Kier molecular flexibility index (Phi) is 5.66. The van der Waals surface area contributed by atoms with Crippen molar-refractivity contribution in [1.29, 1.82) is 0 Å². The highest BCUT2D eigenvalue weighted by Crippen LogP contribution is 2.33. The highest BCUT2D eigenvalue weighted by atomic mass is 19.3. The first kappa shape index (κ1) is 14.7. The third-order valence-corrected chi connectivity index (χ3v) is 2.74. The van der Waals surface area contributed by atoms with Gasteiger partial charge in [0.2, 0.25) is 0 Å². The molecule has 6 heteroatoms. The van der Waals surface area contributed by atoms with Gasteiger partial charge in [0.25, 0.3) is 0 Å². The number of hydrogen-bond donors (Lipinski definition) is 1. The van der Waals surface area contributed by atoms with Gasteiger partial charge in [0.05, 0.1) is 6.61 Å². The molecular formula is C11H19F4NO. The molecule has 17 heavy (non-hydrogen) atoms. The minimum atomic E-state index is -4.05. The molecule has 1 aliphatic carbocycles. The zero-order valence-electron chi connectivity index (χ0n) is 9.89. The fourth-order valence-electron chi connectivity index (χ4n) is 1.66. The zero-order valence-corrected chi connectivity index (χ0v) is 9.89. The third-order valence-electron chi connectivity index (χ3n) is 2.74. The molecule has 102 valence electrons. The zero-order chi connectivity index (χ0) is 12.9. The minimum Gasteiger partial charge on any atom is -0.373 e. The summed E-state index contributed by atoms with van der Waals surface area (Å²) in [7, 11) is 0. The predicted molar refractivity (Wildman–Crippen MR) is 56.6 cm³/mol. The van der Waals surface area contributed by atoms with Gasteiger partial charge in [-0.1, -0.05) is 19.8 Å². The van der Waals surface area contributed by atoms with Gasteiger partial charge in [0.1, 0.15) is 6.61 Å². The molecule has 0 heterocycles. The van der Waals surface area contributed by atoms with Crippen molar-refractivity contribution in [1.82, 2.24) is 5.32 Å². The molecule has 2 nitrogen and oxygen atoms in total. The number of halogens is 4. The molecule has 0 aliphatic heterocycles. The molecule has 1 N–H and O–H groups in total. The molecular weight excluding hydrogens is 238 g/mol. The van der Waals surface area contributed by atoms with Gasteiger partial charge < -0.3 is 10.1 Å². The first-order chi connectivity index (χ1) is 7.95. The number of hydrogen-bond acceptors (Lipinski definition) is 2. The average molecular weight is 257 g/mol. The molecule has 1 aliphatic rings. The largest absolute Gasteiger partial charge is 0.373 e. The summed E-state index contributed by atoms with van der Waals surface area (Å²) in [5.41, 5.74) is 0. The second kappa shape index (κ2) is 6.54. The van der Waals surface area contributed by atoms with Crippen molar-refractivity contribution < 1.29 is 22.3 Å². The van der Waals surface area contributed by atoms with Gasteiger partial charge in [0, 0.05) is 6.04 Å². The lowest BCUT2D eigenvalue weighted by molar-refractivity contribution is -0.167. The van der Waals surface area contributed by atoms with E-state index >= 15 is 0 Å². The summed E-state index contributed by atoms with van der Waals surface area (Å²) in [5, 5.41) is 3.11. The van der Waals surface area contributed by atoms with E-state index in [1.165, 1.54) is 0 Å². The topological polar surface area (TPSA) is 21.3 Å². The predicted octanol–water partition coefficient (Wildman–Crippen LogP) is 2.68. The van der Waals surface area contributed by atoms with Crippen LogP contribution in [0.4, 0.5) is 17.6 Å². The SMILES string of the molecule is CCNC(COCC(F)(F)C(F)F)CC1CC1. The Morgan fingerprint density at radius 1 is 1.35 bits per heavy atom. The fraction of sp³-hybridized carbons (Fsp3) is 1.00. The van der Waals surface area contributed by atoms with Gasteiger partial charge in [-0.05, 0) is 18.9 Å². The molecule has 1 atom stereocenters. The van der Waals surface area contributed by atoms with Crippen molar-refractivity contribution in [3.05, 3.63) is 0 Å². The molecule has 0 aromatic heterocycles. The van der Waals surface area contributed by atoms with Gasteiger partial charge in [-0.15, -0.1) is 0 Å². The van der Waals surface area contributed by atoms with Gasteiger partial charge in [-0.2, -0.15) is 8.78 Å². The van der Waals surface area contributed by atoms with Crippen LogP contribution in [-0.2, 0) is 4.74 Å². The molecule has 0 radical (unpaired) electrons. The molecule has 1 saturated carbocycles. The maximum Gasteiger partial charge on any atom is 0.330 e. The molecule has 0 saturated heterocycles. The van der Waals surface area contributed by atoms with E-state index in [9.17, 15) is 17.6 Å². The molecule has 1 fully saturated rings. The normalized spacial score (nSPS) is 18.7. The summed E-state index contributed by atoms with van der Waals surface area (Å²) in [6, 6.07) is -0.0130. The molecule has 1 rings (SSSR count). The second-order valence-corrected chi connectivity index (χ2v) is 4.51. The first-order valence-electron chi connectivity index (χ1n) is 5.92. The van der Waals surface area contributed by atoms with Crippen LogP contribution < -0.4 is 5.32 Å². The van der Waals surface area contributed by atoms with Crippen molar-refractivity contribution in [2.24, 2.45) is 5.92 Å². The van der Waals surface area contributed by atoms with Crippen LogP contribution in [0.1, 0.15) is 26.2 Å². The smallest absolute Gasteiger partial charge is 0.330 e. The number of alkyl halides is 4. The lowest BCUT2D eigenvalue weighted by atomic mass is 10.1. The van der Waals surface area contributed by atoms with Crippen LogP contribution in [-0.4, -0.2) is 38.1 Å². The number of ether oxygens (including phenoxy) is 1. The van der Waals surface area contributed by atoms with Crippen LogP contribution in [0.2, 0.25) is 0 Å². The Balaban J connectivity index is 2.21. The van der Waals surface area contributed by atoms with Crippen LogP contribution in [0, 0.1) is 5.92 Å². The minimum absolute atomic E-state index is 0.0130. The van der Waals surface area contributed by atoms with Gasteiger partial charge >= 0.3 is 12.3 Å². The standard InChI is InChI=1S/C11H19F4NO/c1-2-16-9(5-8-3-4-8)6-17-7-11(14,15)10(12)13/h8-10,16H,2-7H2,1H3. The summed E-state index contributed by atoms with van der Waals surface area (Å²) in [4.78, 5) is 0. The van der Waals surface area contributed by atoms with E-state index < -0.39 is 19.0 Å². The van der Waals surface area contributed by atoms with E-state index in [-0.39, 0.29) is 12.6 Å². The fourth-order valence-corrected chi connectivity index (χ4v) is 1.66. The van der Waals surface area contributed by atoms with E-state index in [1.807, 2.05) is 6.92 Å². The average Bonchev–Trinajstić information content (AvgIpc) is 3.01. The first-order valence-corrected chi connectivity index (χ1v) is 5.92. The Morgan fingerprint density at radius 3 is 2.47 bits per heavy atom. The molecule has 1 unspecified atom stereocenters. The molecule has 0 bridgehead atoms. The summed E-state index contributed by atoms with van der Waals surface area (Å²) >= 11 is 0. The quantitative estimate of drug-likeness (QED) is 0.641. The monoisotopic (exact) mass is 257 g/mol. The van der Waals surface area contributed by atoms with Crippen LogP contribution in [0.15, 0.2) is 0 Å². The van der Waals surface area contributed by atoms with E-state index in [1.54, 1.807) is 0 Å². The lowest BCUT2D eigenvalue weighted by Gasteiger charge is -2.20. The highest BCUT2D eigenvalue weighted by Gasteiger charge is 2.41. The Bertz CT molecular complexity index is 222. The Hall–Kier alpha value is -0.360. The summed E-state index contributed by atoms with van der Waals surface area (Å²) in [6.45, 7) is 1.48. The van der Waals surface area contributed by atoms with Crippen LogP contribution in [0.5, 0.6) is 0 Å². The van der Waals surface area contributed by atoms with E-state index in [4.69, 9.17) is 4.74 Å². The Labute approximate surface area is 98.7 Å². The van der Waals surface area contributed by atoms with Crippen LogP contribution in [0.25, 0.3) is 0 Å². The highest BCUT2D eigenvalue weighted by molar-refractivity contribution is 4.80. The number of rotatable bonds is 9. The van der Waals surface area contributed by atoms with E-state index in [0.717, 1.165) is 19.3 Å². The summed E-state index contributed by atoms with van der Waals surface area (Å²) in [6.07, 6.45) is -0.471. The lowest BCUT2D eigenvalue weighted by Crippen LogP contribution is -2.38. The van der Waals surface area contributed by atoms with Crippen molar-refractivity contribution in [2.75, 3.05) is 19.8 Å². The van der Waals surface area contributed by atoms with E-state index in [0.29, 0.717) is 12.5 Å². The van der Waals surface area contributed by atoms with Crippen molar-refractivity contribution >= 4 is 0 Å². The maximum absolute atomic E-state index is 12.6. The summed E-state index contributed by atoms with van der Waals surface area (Å²) in [5.74, 6) is -3.41. The maximum atomic E-state index is 12.6. The molecule has 0 aromatic rings. The summed E-state index contributed by atoms with van der Waals surface area (Å²) < 4.78 is 53.6. The van der Waals surface area contributed by atoms with Crippen molar-refractivity contribution in [3.8, 4) is 0 Å². The Morgan fingerprint density at radius 2 is 2.00 bits per heavy atom. The third kappa shape index (κ3) is 5.68. The second-order valence-electron chi connectivity index (χ2n) is 4.51. The van der Waals surface area contributed by atoms with E-state index in [2.05, 4.69) is 5.32 Å². The van der Waals surface area contributed by atoms with Gasteiger partial charge in [0.15, 0.2) is 0 Å².